The van der Waals surface area contributed by atoms with Crippen LogP contribution in [-0.4, -0.2) is 20.0 Å². The van der Waals surface area contributed by atoms with Crippen molar-refractivity contribution in [1.82, 2.24) is 0 Å². The molecule has 1 rings (SSSR count). The molecule has 0 aliphatic heterocycles. The molecule has 58 valence electrons. The van der Waals surface area contributed by atoms with E-state index in [0.717, 1.165) is 0 Å². The molecule has 0 aromatic rings. The molecule has 0 bridgehead atoms. The van der Waals surface area contributed by atoms with Crippen molar-refractivity contribution in [3.8, 4) is 0 Å². The molecule has 10 heavy (non-hydrogen) atoms. The first-order chi connectivity index (χ1) is 4.36. The van der Waals surface area contributed by atoms with Gasteiger partial charge in [0.1, 0.15) is 0 Å². The Balaban J connectivity index is 2.88. The van der Waals surface area contributed by atoms with Gasteiger partial charge in [-0.05, 0) is 0 Å². The van der Waals surface area contributed by atoms with Crippen LogP contribution in [0.3, 0.4) is 0 Å². The molecule has 1 heteroatoms. The Hall–Kier alpha value is 0.389. The van der Waals surface area contributed by atoms with E-state index in [-0.39, 0.29) is 0 Å². The van der Waals surface area contributed by atoms with Crippen molar-refractivity contribution < 1.29 is 0 Å². The van der Waals surface area contributed by atoms with Gasteiger partial charge in [-0.1, -0.05) is 0 Å². The van der Waals surface area contributed by atoms with Crippen LogP contribution < -0.4 is 0 Å². The van der Waals surface area contributed by atoms with E-state index in [1.54, 1.807) is 4.42 Å². The summed E-state index contributed by atoms with van der Waals surface area (Å²) in [5.74, 6) is 0. The average molecular weight is 203 g/mol. The Morgan fingerprint density at radius 3 is 1.40 bits per heavy atom. The normalized spacial score (nSPS) is 29.0. The maximum absolute atomic E-state index is 3.24. The first kappa shape index (κ1) is 8.49. The molecule has 0 aromatic carbocycles. The molecular formula is C9H16Se. The monoisotopic (exact) mass is 204 g/mol. The van der Waals surface area contributed by atoms with Crippen LogP contribution in [0.15, 0.2) is 0 Å². The Bertz CT molecular complexity index is 148. The summed E-state index contributed by atoms with van der Waals surface area (Å²) < 4.78 is 1.56. The second-order valence-corrected chi connectivity index (χ2v) is 5.45. The van der Waals surface area contributed by atoms with Crippen molar-refractivity contribution in [2.24, 2.45) is 10.8 Å². The van der Waals surface area contributed by atoms with Gasteiger partial charge in [0.05, 0.1) is 0 Å². The minimum absolute atomic E-state index is 0.448. The maximum atomic E-state index is 3.24. The van der Waals surface area contributed by atoms with Gasteiger partial charge in [0.25, 0.3) is 0 Å². The molecule has 0 spiro atoms. The van der Waals surface area contributed by atoms with Gasteiger partial charge in [-0.3, -0.25) is 0 Å². The van der Waals surface area contributed by atoms with Crippen molar-refractivity contribution in [3.05, 3.63) is 0 Å². The fraction of sp³-hybridized carbons (Fsp3) is 0.889. The standard InChI is InChI=1S/C9H16Se/c1-8(2)5-6-9(3,4)7(8)10/h5-6H2,1-4H3. The van der Waals surface area contributed by atoms with Gasteiger partial charge in [0.2, 0.25) is 0 Å². The van der Waals surface area contributed by atoms with Crippen LogP contribution in [0, 0.1) is 10.8 Å². The van der Waals surface area contributed by atoms with Gasteiger partial charge >= 0.3 is 71.4 Å². The van der Waals surface area contributed by atoms with Crippen LogP contribution >= 0.6 is 0 Å². The number of hydrogen-bond acceptors (Lipinski definition) is 0. The summed E-state index contributed by atoms with van der Waals surface area (Å²) >= 11 is 3.24. The van der Waals surface area contributed by atoms with Crippen molar-refractivity contribution >= 4 is 20.0 Å². The summed E-state index contributed by atoms with van der Waals surface area (Å²) in [6.45, 7) is 9.31. The van der Waals surface area contributed by atoms with Gasteiger partial charge in [-0.25, -0.2) is 0 Å². The fourth-order valence-corrected chi connectivity index (χ4v) is 2.20. The molecule has 1 aliphatic rings. The molecule has 0 amide bonds. The van der Waals surface area contributed by atoms with E-state index in [1.807, 2.05) is 0 Å². The SMILES string of the molecule is CC1(C)CCC(C)(C)C1=[Se]. The molecule has 0 saturated heterocycles. The predicted octanol–water partition coefficient (Wildman–Crippen LogP) is 2.17. The summed E-state index contributed by atoms with van der Waals surface area (Å²) in [5, 5.41) is 0. The van der Waals surface area contributed by atoms with E-state index in [0.29, 0.717) is 10.8 Å². The minimum atomic E-state index is 0.448. The molecule has 1 saturated carbocycles. The summed E-state index contributed by atoms with van der Waals surface area (Å²) in [6, 6.07) is 0. The van der Waals surface area contributed by atoms with Crippen molar-refractivity contribution in [2.75, 3.05) is 0 Å². The molecule has 1 fully saturated rings. The summed E-state index contributed by atoms with van der Waals surface area (Å²) in [4.78, 5) is 0. The summed E-state index contributed by atoms with van der Waals surface area (Å²) in [7, 11) is 0. The molecule has 0 unspecified atom stereocenters. The number of hydrogen-bond donors (Lipinski definition) is 0. The van der Waals surface area contributed by atoms with Crippen LogP contribution in [0.4, 0.5) is 0 Å². The van der Waals surface area contributed by atoms with E-state index in [9.17, 15) is 0 Å². The van der Waals surface area contributed by atoms with Gasteiger partial charge < -0.3 is 0 Å². The molecule has 0 atom stereocenters. The molecule has 0 heterocycles. The molecule has 0 aromatic heterocycles. The van der Waals surface area contributed by atoms with Gasteiger partial charge in [0.15, 0.2) is 0 Å². The molecule has 0 nitrogen and oxygen atoms in total. The Labute approximate surface area is 71.8 Å². The van der Waals surface area contributed by atoms with Gasteiger partial charge in [-0.2, -0.15) is 0 Å². The van der Waals surface area contributed by atoms with E-state index in [2.05, 4.69) is 43.3 Å². The number of rotatable bonds is 0. The predicted molar refractivity (Wildman–Crippen MR) is 47.6 cm³/mol. The van der Waals surface area contributed by atoms with Gasteiger partial charge in [0, 0.05) is 0 Å². The third-order valence-corrected chi connectivity index (χ3v) is 4.92. The molecular weight excluding hydrogens is 187 g/mol. The van der Waals surface area contributed by atoms with Crippen LogP contribution in [0.1, 0.15) is 40.5 Å². The zero-order valence-corrected chi connectivity index (χ0v) is 9.04. The van der Waals surface area contributed by atoms with Crippen molar-refractivity contribution in [3.63, 3.8) is 0 Å². The van der Waals surface area contributed by atoms with Crippen LogP contribution in [0.5, 0.6) is 0 Å². The fourth-order valence-electron chi connectivity index (χ4n) is 1.77. The van der Waals surface area contributed by atoms with Crippen molar-refractivity contribution in [2.45, 2.75) is 40.5 Å². The van der Waals surface area contributed by atoms with Crippen LogP contribution in [0.2, 0.25) is 0 Å². The third kappa shape index (κ3) is 1.22. The zero-order valence-electron chi connectivity index (χ0n) is 7.32. The van der Waals surface area contributed by atoms with Crippen LogP contribution in [-0.2, 0) is 0 Å². The second-order valence-electron chi connectivity index (χ2n) is 4.60. The Kier molecular flexibility index (Phi) is 1.85. The molecule has 0 N–H and O–H groups in total. The van der Waals surface area contributed by atoms with Gasteiger partial charge in [-0.15, -0.1) is 0 Å². The van der Waals surface area contributed by atoms with Crippen LogP contribution in [0.25, 0.3) is 0 Å². The zero-order chi connectivity index (χ0) is 7.99. The molecule has 0 radical (unpaired) electrons. The first-order valence-corrected chi connectivity index (χ1v) is 4.77. The first-order valence-electron chi connectivity index (χ1n) is 3.91. The van der Waals surface area contributed by atoms with E-state index in [4.69, 9.17) is 0 Å². The summed E-state index contributed by atoms with van der Waals surface area (Å²) in [5.41, 5.74) is 0.896. The van der Waals surface area contributed by atoms with E-state index in [1.165, 1.54) is 12.8 Å². The third-order valence-electron chi connectivity index (χ3n) is 2.60. The Morgan fingerprint density at radius 1 is 1.00 bits per heavy atom. The second kappa shape index (κ2) is 2.19. The quantitative estimate of drug-likeness (QED) is 0.529. The van der Waals surface area contributed by atoms with E-state index >= 15 is 0 Å². The molecule has 1 aliphatic carbocycles. The van der Waals surface area contributed by atoms with E-state index < -0.39 is 0 Å². The van der Waals surface area contributed by atoms with Crippen molar-refractivity contribution in [1.29, 1.82) is 0 Å². The topological polar surface area (TPSA) is 0 Å². The average Bonchev–Trinajstić information content (AvgIpc) is 1.95. The summed E-state index contributed by atoms with van der Waals surface area (Å²) in [6.07, 6.45) is 2.67. The Morgan fingerprint density at radius 2 is 1.30 bits per heavy atom.